The number of esters is 1. The number of carbonyl (C=O) groups is 1. The molecule has 1 heterocycles. The molecule has 19 heavy (non-hydrogen) atoms. The molecule has 1 aromatic heterocycles. The number of nitrogens with zero attached hydrogens (tertiary/aromatic N) is 1. The molecule has 0 fully saturated rings. The lowest BCUT2D eigenvalue weighted by atomic mass is 10.3. The summed E-state index contributed by atoms with van der Waals surface area (Å²) in [7, 11) is 1.73. The number of thiophene rings is 1. The molecule has 1 aromatic rings. The van der Waals surface area contributed by atoms with Gasteiger partial charge in [0.2, 0.25) is 0 Å². The van der Waals surface area contributed by atoms with E-state index in [4.69, 9.17) is 4.74 Å². The first kappa shape index (κ1) is 15.5. The van der Waals surface area contributed by atoms with Crippen LogP contribution in [0.4, 0.5) is 0 Å². The lowest BCUT2D eigenvalue weighted by Gasteiger charge is -2.11. The Morgan fingerprint density at radius 1 is 1.47 bits per heavy atom. The van der Waals surface area contributed by atoms with E-state index in [9.17, 15) is 4.79 Å². The predicted octanol–water partition coefficient (Wildman–Crippen LogP) is 1.76. The molecule has 2 N–H and O–H groups in total. The molecule has 5 nitrogen and oxygen atoms in total. The van der Waals surface area contributed by atoms with Gasteiger partial charge in [-0.3, -0.25) is 9.79 Å². The summed E-state index contributed by atoms with van der Waals surface area (Å²) >= 11 is 1.68. The van der Waals surface area contributed by atoms with E-state index >= 15 is 0 Å². The number of ether oxygens (including phenoxy) is 1. The van der Waals surface area contributed by atoms with Crippen LogP contribution in [0.2, 0.25) is 0 Å². The molecule has 0 aliphatic rings. The molecule has 0 saturated carbocycles. The summed E-state index contributed by atoms with van der Waals surface area (Å²) in [4.78, 5) is 15.3. The number of guanidine groups is 1. The SMILES string of the molecule is CCOC(=O)CCCNC(=NC)NCc1ccsc1. The first-order valence-corrected chi connectivity index (χ1v) is 7.31. The van der Waals surface area contributed by atoms with Crippen LogP contribution in [0.25, 0.3) is 0 Å². The van der Waals surface area contributed by atoms with E-state index in [1.165, 1.54) is 5.56 Å². The van der Waals surface area contributed by atoms with Crippen LogP contribution in [-0.4, -0.2) is 32.1 Å². The zero-order valence-electron chi connectivity index (χ0n) is 11.4. The fraction of sp³-hybridized carbons (Fsp3) is 0.538. The van der Waals surface area contributed by atoms with E-state index in [0.29, 0.717) is 19.6 Å². The van der Waals surface area contributed by atoms with Crippen molar-refractivity contribution in [1.29, 1.82) is 0 Å². The van der Waals surface area contributed by atoms with Crippen LogP contribution in [0.1, 0.15) is 25.3 Å². The number of hydrogen-bond donors (Lipinski definition) is 2. The van der Waals surface area contributed by atoms with Gasteiger partial charge in [-0.1, -0.05) is 0 Å². The minimum absolute atomic E-state index is 0.148. The number of carbonyl (C=O) groups excluding carboxylic acids is 1. The van der Waals surface area contributed by atoms with Gasteiger partial charge in [-0.2, -0.15) is 11.3 Å². The molecular weight excluding hydrogens is 262 g/mol. The van der Waals surface area contributed by atoms with Gasteiger partial charge >= 0.3 is 5.97 Å². The predicted molar refractivity (Wildman–Crippen MR) is 78.4 cm³/mol. The third kappa shape index (κ3) is 6.81. The molecule has 0 aliphatic carbocycles. The van der Waals surface area contributed by atoms with Crippen LogP contribution >= 0.6 is 11.3 Å². The first-order valence-electron chi connectivity index (χ1n) is 6.37. The van der Waals surface area contributed by atoms with E-state index in [1.54, 1.807) is 18.4 Å². The lowest BCUT2D eigenvalue weighted by molar-refractivity contribution is -0.143. The van der Waals surface area contributed by atoms with Crippen molar-refractivity contribution in [1.82, 2.24) is 10.6 Å². The molecule has 0 radical (unpaired) electrons. The van der Waals surface area contributed by atoms with Crippen LogP contribution in [0, 0.1) is 0 Å². The van der Waals surface area contributed by atoms with E-state index in [0.717, 1.165) is 18.9 Å². The Hall–Kier alpha value is -1.56. The van der Waals surface area contributed by atoms with Crippen molar-refractivity contribution in [3.63, 3.8) is 0 Å². The van der Waals surface area contributed by atoms with Crippen molar-refractivity contribution < 1.29 is 9.53 Å². The molecular formula is C13H21N3O2S. The highest BCUT2D eigenvalue weighted by molar-refractivity contribution is 7.07. The second-order valence-corrected chi connectivity index (χ2v) is 4.67. The first-order chi connectivity index (χ1) is 9.26. The lowest BCUT2D eigenvalue weighted by Crippen LogP contribution is -2.37. The minimum Gasteiger partial charge on any atom is -0.466 e. The maximum Gasteiger partial charge on any atom is 0.305 e. The third-order valence-electron chi connectivity index (χ3n) is 2.42. The highest BCUT2D eigenvalue weighted by Gasteiger charge is 2.02. The number of rotatable bonds is 7. The third-order valence-corrected chi connectivity index (χ3v) is 3.15. The number of hydrogen-bond acceptors (Lipinski definition) is 4. The molecule has 6 heteroatoms. The zero-order valence-corrected chi connectivity index (χ0v) is 12.3. The largest absolute Gasteiger partial charge is 0.466 e. The van der Waals surface area contributed by atoms with Gasteiger partial charge in [0.15, 0.2) is 5.96 Å². The fourth-order valence-corrected chi connectivity index (χ4v) is 2.14. The van der Waals surface area contributed by atoms with Crippen LogP contribution in [-0.2, 0) is 16.1 Å². The van der Waals surface area contributed by atoms with Crippen LogP contribution in [0.3, 0.4) is 0 Å². The standard InChI is InChI=1S/C13H21N3O2S/c1-3-18-12(17)5-4-7-15-13(14-2)16-9-11-6-8-19-10-11/h6,8,10H,3-5,7,9H2,1-2H3,(H2,14,15,16). The average Bonchev–Trinajstić information content (AvgIpc) is 2.91. The van der Waals surface area contributed by atoms with E-state index in [-0.39, 0.29) is 5.97 Å². The van der Waals surface area contributed by atoms with Crippen LogP contribution in [0.15, 0.2) is 21.8 Å². The Bertz CT molecular complexity index is 391. The van der Waals surface area contributed by atoms with Gasteiger partial charge in [-0.25, -0.2) is 0 Å². The summed E-state index contributed by atoms with van der Waals surface area (Å²) in [6, 6.07) is 2.08. The van der Waals surface area contributed by atoms with Gasteiger partial charge in [-0.05, 0) is 35.7 Å². The normalized spacial score (nSPS) is 11.2. The molecule has 0 spiro atoms. The van der Waals surface area contributed by atoms with Crippen molar-refractivity contribution in [3.05, 3.63) is 22.4 Å². The van der Waals surface area contributed by atoms with E-state index in [2.05, 4.69) is 27.1 Å². The van der Waals surface area contributed by atoms with Gasteiger partial charge in [-0.15, -0.1) is 0 Å². The maximum absolute atomic E-state index is 11.1. The smallest absolute Gasteiger partial charge is 0.305 e. The van der Waals surface area contributed by atoms with Gasteiger partial charge < -0.3 is 15.4 Å². The van der Waals surface area contributed by atoms with Crippen molar-refractivity contribution in [2.45, 2.75) is 26.3 Å². The maximum atomic E-state index is 11.1. The van der Waals surface area contributed by atoms with E-state index < -0.39 is 0 Å². The quantitative estimate of drug-likeness (QED) is 0.346. The van der Waals surface area contributed by atoms with Crippen LogP contribution in [0.5, 0.6) is 0 Å². The van der Waals surface area contributed by atoms with Crippen LogP contribution < -0.4 is 10.6 Å². The van der Waals surface area contributed by atoms with Gasteiger partial charge in [0, 0.05) is 26.6 Å². The highest BCUT2D eigenvalue weighted by atomic mass is 32.1. The molecule has 0 aromatic carbocycles. The molecule has 0 unspecified atom stereocenters. The van der Waals surface area contributed by atoms with E-state index in [1.807, 2.05) is 12.3 Å². The monoisotopic (exact) mass is 283 g/mol. The second kappa shape index (κ2) is 9.38. The van der Waals surface area contributed by atoms with Crippen molar-refractivity contribution in [2.24, 2.45) is 4.99 Å². The Morgan fingerprint density at radius 2 is 2.32 bits per heavy atom. The zero-order chi connectivity index (χ0) is 13.9. The Kier molecular flexibility index (Phi) is 7.65. The topological polar surface area (TPSA) is 62.7 Å². The highest BCUT2D eigenvalue weighted by Crippen LogP contribution is 2.04. The number of nitrogens with one attached hydrogen (secondary N) is 2. The molecule has 0 bridgehead atoms. The fourth-order valence-electron chi connectivity index (χ4n) is 1.47. The van der Waals surface area contributed by atoms with Crippen molar-refractivity contribution in [3.8, 4) is 0 Å². The van der Waals surface area contributed by atoms with Gasteiger partial charge in [0.1, 0.15) is 0 Å². The summed E-state index contributed by atoms with van der Waals surface area (Å²) in [5.41, 5.74) is 1.24. The Morgan fingerprint density at radius 3 is 2.95 bits per heavy atom. The second-order valence-electron chi connectivity index (χ2n) is 3.89. The van der Waals surface area contributed by atoms with Gasteiger partial charge in [0.05, 0.1) is 6.61 Å². The molecule has 0 aliphatic heterocycles. The summed E-state index contributed by atoms with van der Waals surface area (Å²) < 4.78 is 4.86. The summed E-state index contributed by atoms with van der Waals surface area (Å²) in [6.45, 7) is 3.70. The molecule has 1 rings (SSSR count). The summed E-state index contributed by atoms with van der Waals surface area (Å²) in [5, 5.41) is 10.5. The Labute approximate surface area is 118 Å². The minimum atomic E-state index is -0.148. The molecule has 0 atom stereocenters. The molecule has 0 amide bonds. The number of aliphatic imine (C=N–C) groups is 1. The summed E-state index contributed by atoms with van der Waals surface area (Å²) in [5.74, 6) is 0.598. The summed E-state index contributed by atoms with van der Waals surface area (Å²) in [6.07, 6.45) is 1.17. The average molecular weight is 283 g/mol. The van der Waals surface area contributed by atoms with Crippen molar-refractivity contribution >= 4 is 23.3 Å². The molecule has 106 valence electrons. The van der Waals surface area contributed by atoms with Crippen molar-refractivity contribution in [2.75, 3.05) is 20.2 Å². The molecule has 0 saturated heterocycles. The Balaban J connectivity index is 2.13. The van der Waals surface area contributed by atoms with Gasteiger partial charge in [0.25, 0.3) is 0 Å².